The third-order valence-corrected chi connectivity index (χ3v) is 4.55. The van der Waals surface area contributed by atoms with Crippen LogP contribution in [0.2, 0.25) is 0 Å². The predicted octanol–water partition coefficient (Wildman–Crippen LogP) is 3.78. The summed E-state index contributed by atoms with van der Waals surface area (Å²) in [6.45, 7) is 1.27. The number of rotatable bonds is 9. The van der Waals surface area contributed by atoms with Gasteiger partial charge in [0.25, 0.3) is 0 Å². The molecule has 0 radical (unpaired) electrons. The first-order chi connectivity index (χ1) is 14.6. The number of nitrogen functional groups attached to an aromatic ring is 1. The molecule has 1 fully saturated rings. The molecule has 0 spiro atoms. The summed E-state index contributed by atoms with van der Waals surface area (Å²) >= 11 is 0. The average Bonchev–Trinajstić information content (AvgIpc) is 2.78. The zero-order valence-electron chi connectivity index (χ0n) is 17.2. The Morgan fingerprint density at radius 2 is 1.97 bits per heavy atom. The van der Waals surface area contributed by atoms with Gasteiger partial charge in [-0.05, 0) is 43.5 Å². The first-order valence-corrected chi connectivity index (χ1v) is 9.80. The van der Waals surface area contributed by atoms with Crippen molar-refractivity contribution in [2.75, 3.05) is 39.8 Å². The van der Waals surface area contributed by atoms with Crippen molar-refractivity contribution in [2.45, 2.75) is 25.6 Å². The van der Waals surface area contributed by atoms with Gasteiger partial charge in [0.2, 0.25) is 0 Å². The summed E-state index contributed by atoms with van der Waals surface area (Å²) in [5.41, 5.74) is 6.67. The fourth-order valence-electron chi connectivity index (χ4n) is 3.03. The van der Waals surface area contributed by atoms with E-state index in [-0.39, 0.29) is 24.1 Å². The molecule has 0 bridgehead atoms. The van der Waals surface area contributed by atoms with Gasteiger partial charge in [-0.3, -0.25) is 0 Å². The lowest BCUT2D eigenvalue weighted by Gasteiger charge is -2.23. The van der Waals surface area contributed by atoms with E-state index in [2.05, 4.69) is 0 Å². The van der Waals surface area contributed by atoms with Gasteiger partial charge in [-0.1, -0.05) is 6.07 Å². The number of carbonyl (C=O) groups is 1. The second kappa shape index (κ2) is 10.7. The van der Waals surface area contributed by atoms with Crippen LogP contribution in [0, 0.1) is 0 Å². The van der Waals surface area contributed by atoms with Crippen LogP contribution in [0.25, 0.3) is 0 Å². The lowest BCUT2D eigenvalue weighted by Crippen LogP contribution is -2.24. The molecule has 162 valence electrons. The SMILES string of the molecule is COC(=O)c1cc(N)c(Oc2cccc(OC)c2)c(OCCOC2CCCCO2)c1. The summed E-state index contributed by atoms with van der Waals surface area (Å²) in [5, 5.41) is 0. The van der Waals surface area contributed by atoms with E-state index in [9.17, 15) is 4.79 Å². The molecule has 0 aromatic heterocycles. The first kappa shape index (κ1) is 21.7. The number of hydrogen-bond acceptors (Lipinski definition) is 8. The van der Waals surface area contributed by atoms with Gasteiger partial charge in [0.05, 0.1) is 32.1 Å². The molecule has 1 heterocycles. The minimum absolute atomic E-state index is 0.207. The summed E-state index contributed by atoms with van der Waals surface area (Å²) in [7, 11) is 2.88. The predicted molar refractivity (Wildman–Crippen MR) is 110 cm³/mol. The molecule has 0 aliphatic carbocycles. The standard InChI is InChI=1S/C22H27NO7/c1-25-16-6-5-7-17(14-16)30-21-18(23)12-15(22(24)26-2)13-19(21)27-10-11-29-20-8-3-4-9-28-20/h5-7,12-14,20H,3-4,8-11,23H2,1-2H3. The molecule has 1 atom stereocenters. The van der Waals surface area contributed by atoms with Gasteiger partial charge in [0.15, 0.2) is 17.8 Å². The number of methoxy groups -OCH3 is 2. The molecule has 8 nitrogen and oxygen atoms in total. The number of carbonyl (C=O) groups excluding carboxylic acids is 1. The Kier molecular flexibility index (Phi) is 7.75. The molecule has 1 aliphatic rings. The molecule has 1 unspecified atom stereocenters. The fourth-order valence-corrected chi connectivity index (χ4v) is 3.03. The molecular formula is C22H27NO7. The van der Waals surface area contributed by atoms with Crippen molar-refractivity contribution in [3.63, 3.8) is 0 Å². The van der Waals surface area contributed by atoms with Crippen LogP contribution in [0.4, 0.5) is 5.69 Å². The molecular weight excluding hydrogens is 390 g/mol. The van der Waals surface area contributed by atoms with Crippen molar-refractivity contribution >= 4 is 11.7 Å². The number of esters is 1. The van der Waals surface area contributed by atoms with Crippen molar-refractivity contribution in [3.05, 3.63) is 42.0 Å². The van der Waals surface area contributed by atoms with E-state index in [1.807, 2.05) is 0 Å². The molecule has 0 saturated carbocycles. The van der Waals surface area contributed by atoms with Crippen molar-refractivity contribution in [1.82, 2.24) is 0 Å². The maximum Gasteiger partial charge on any atom is 0.338 e. The van der Waals surface area contributed by atoms with Crippen LogP contribution >= 0.6 is 0 Å². The highest BCUT2D eigenvalue weighted by Crippen LogP contribution is 2.39. The quantitative estimate of drug-likeness (QED) is 0.374. The van der Waals surface area contributed by atoms with Gasteiger partial charge in [0.1, 0.15) is 18.1 Å². The highest BCUT2D eigenvalue weighted by Gasteiger charge is 2.18. The fraction of sp³-hybridized carbons (Fsp3) is 0.409. The first-order valence-electron chi connectivity index (χ1n) is 9.80. The minimum atomic E-state index is -0.522. The lowest BCUT2D eigenvalue weighted by molar-refractivity contribution is -0.165. The van der Waals surface area contributed by atoms with Crippen LogP contribution in [0.3, 0.4) is 0 Å². The number of ether oxygens (including phenoxy) is 6. The summed E-state index contributed by atoms with van der Waals surface area (Å²) in [6, 6.07) is 10.1. The Morgan fingerprint density at radius 3 is 2.70 bits per heavy atom. The Bertz CT molecular complexity index is 849. The van der Waals surface area contributed by atoms with Gasteiger partial charge >= 0.3 is 5.97 Å². The molecule has 3 rings (SSSR count). The van der Waals surface area contributed by atoms with E-state index in [4.69, 9.17) is 34.2 Å². The second-order valence-electron chi connectivity index (χ2n) is 6.68. The topological polar surface area (TPSA) is 98.5 Å². The zero-order chi connectivity index (χ0) is 21.3. The Labute approximate surface area is 175 Å². The van der Waals surface area contributed by atoms with Crippen LogP contribution in [0.15, 0.2) is 36.4 Å². The van der Waals surface area contributed by atoms with Gasteiger partial charge in [-0.15, -0.1) is 0 Å². The van der Waals surface area contributed by atoms with Crippen LogP contribution in [-0.2, 0) is 14.2 Å². The van der Waals surface area contributed by atoms with Crippen LogP contribution < -0.4 is 19.9 Å². The lowest BCUT2D eigenvalue weighted by atomic mass is 10.1. The summed E-state index contributed by atoms with van der Waals surface area (Å²) in [6.07, 6.45) is 2.80. The maximum atomic E-state index is 12.0. The number of benzene rings is 2. The zero-order valence-corrected chi connectivity index (χ0v) is 17.2. The van der Waals surface area contributed by atoms with Crippen molar-refractivity contribution in [2.24, 2.45) is 0 Å². The monoisotopic (exact) mass is 417 g/mol. The third-order valence-electron chi connectivity index (χ3n) is 4.55. The summed E-state index contributed by atoms with van der Waals surface area (Å²) < 4.78 is 33.1. The van der Waals surface area contributed by atoms with E-state index in [0.29, 0.717) is 36.2 Å². The largest absolute Gasteiger partial charge is 0.497 e. The smallest absolute Gasteiger partial charge is 0.338 e. The molecule has 1 aliphatic heterocycles. The normalized spacial score (nSPS) is 16.0. The molecule has 1 saturated heterocycles. The highest BCUT2D eigenvalue weighted by atomic mass is 16.7. The molecule has 2 aromatic carbocycles. The summed E-state index contributed by atoms with van der Waals surface area (Å²) in [5.74, 6) is 1.24. The van der Waals surface area contributed by atoms with E-state index in [0.717, 1.165) is 19.3 Å². The van der Waals surface area contributed by atoms with E-state index in [1.54, 1.807) is 31.4 Å². The van der Waals surface area contributed by atoms with Crippen molar-refractivity contribution < 1.29 is 33.2 Å². The molecule has 8 heteroatoms. The number of anilines is 1. The molecule has 30 heavy (non-hydrogen) atoms. The van der Waals surface area contributed by atoms with Crippen LogP contribution in [0.5, 0.6) is 23.0 Å². The maximum absolute atomic E-state index is 12.0. The Balaban J connectivity index is 1.74. The Hall–Kier alpha value is -2.97. The molecule has 2 aromatic rings. The molecule has 0 amide bonds. The van der Waals surface area contributed by atoms with Gasteiger partial charge in [0, 0.05) is 12.7 Å². The van der Waals surface area contributed by atoms with E-state index < -0.39 is 5.97 Å². The average molecular weight is 417 g/mol. The van der Waals surface area contributed by atoms with E-state index in [1.165, 1.54) is 19.2 Å². The number of nitrogens with two attached hydrogens (primary N) is 1. The van der Waals surface area contributed by atoms with Gasteiger partial charge in [-0.2, -0.15) is 0 Å². The third kappa shape index (κ3) is 5.77. The van der Waals surface area contributed by atoms with Crippen molar-refractivity contribution in [1.29, 1.82) is 0 Å². The highest BCUT2D eigenvalue weighted by molar-refractivity contribution is 5.92. The van der Waals surface area contributed by atoms with Gasteiger partial charge < -0.3 is 34.2 Å². The van der Waals surface area contributed by atoms with E-state index >= 15 is 0 Å². The second-order valence-corrected chi connectivity index (χ2v) is 6.68. The number of hydrogen-bond donors (Lipinski definition) is 1. The van der Waals surface area contributed by atoms with Crippen molar-refractivity contribution in [3.8, 4) is 23.0 Å². The van der Waals surface area contributed by atoms with Crippen LogP contribution in [-0.4, -0.2) is 46.3 Å². The van der Waals surface area contributed by atoms with Crippen LogP contribution in [0.1, 0.15) is 29.6 Å². The Morgan fingerprint density at radius 1 is 1.13 bits per heavy atom. The minimum Gasteiger partial charge on any atom is -0.497 e. The van der Waals surface area contributed by atoms with Gasteiger partial charge in [-0.25, -0.2) is 4.79 Å². The molecule has 2 N–H and O–H groups in total. The summed E-state index contributed by atoms with van der Waals surface area (Å²) in [4.78, 5) is 12.0.